The summed E-state index contributed by atoms with van der Waals surface area (Å²) in [6, 6.07) is 1.42. The van der Waals surface area contributed by atoms with Gasteiger partial charge >= 0.3 is 0 Å². The molecule has 3 rings (SSSR count). The Hall–Kier alpha value is -0.0800. The molecule has 1 heterocycles. The summed E-state index contributed by atoms with van der Waals surface area (Å²) in [6.07, 6.45) is 14.4. The zero-order valence-corrected chi connectivity index (χ0v) is 15.1. The van der Waals surface area contributed by atoms with Crippen molar-refractivity contribution in [3.63, 3.8) is 0 Å². The van der Waals surface area contributed by atoms with E-state index in [2.05, 4.69) is 13.8 Å². The van der Waals surface area contributed by atoms with Crippen LogP contribution in [-0.2, 0) is 0 Å². The van der Waals surface area contributed by atoms with Gasteiger partial charge in [-0.15, -0.1) is 0 Å². The Morgan fingerprint density at radius 2 is 1.73 bits per heavy atom. The third kappa shape index (κ3) is 3.70. The summed E-state index contributed by atoms with van der Waals surface area (Å²) in [5, 5.41) is 0. The molecular formula is C20H39N2+. The smallest absolute Gasteiger partial charge is 0.0942 e. The molecule has 0 aromatic carbocycles. The third-order valence-corrected chi connectivity index (χ3v) is 7.04. The van der Waals surface area contributed by atoms with Crippen molar-refractivity contribution in [2.24, 2.45) is 23.5 Å². The van der Waals surface area contributed by atoms with Crippen molar-refractivity contribution in [3.8, 4) is 0 Å². The molecule has 3 fully saturated rings. The van der Waals surface area contributed by atoms with Crippen LogP contribution in [-0.4, -0.2) is 36.2 Å². The van der Waals surface area contributed by atoms with Crippen LogP contribution in [0.1, 0.15) is 78.1 Å². The Labute approximate surface area is 138 Å². The number of nitrogens with two attached hydrogens (primary N) is 1. The molecule has 2 nitrogen and oxygen atoms in total. The van der Waals surface area contributed by atoms with Gasteiger partial charge in [-0.2, -0.15) is 0 Å². The average Bonchev–Trinajstić information content (AvgIpc) is 2.93. The summed E-state index contributed by atoms with van der Waals surface area (Å²) in [7, 11) is 0. The molecule has 0 amide bonds. The number of quaternary nitrogens is 1. The molecule has 1 saturated heterocycles. The Balaban J connectivity index is 1.71. The second-order valence-corrected chi connectivity index (χ2v) is 9.15. The van der Waals surface area contributed by atoms with Crippen LogP contribution in [0.5, 0.6) is 0 Å². The van der Waals surface area contributed by atoms with E-state index in [-0.39, 0.29) is 0 Å². The van der Waals surface area contributed by atoms with Crippen LogP contribution in [0.15, 0.2) is 0 Å². The fraction of sp³-hybridized carbons (Fsp3) is 1.00. The first kappa shape index (κ1) is 16.8. The van der Waals surface area contributed by atoms with Crippen LogP contribution in [0.25, 0.3) is 0 Å². The lowest BCUT2D eigenvalue weighted by Gasteiger charge is -2.56. The third-order valence-electron chi connectivity index (χ3n) is 7.04. The molecule has 0 aromatic heterocycles. The van der Waals surface area contributed by atoms with E-state index in [4.69, 9.17) is 5.73 Å². The number of piperidine rings is 1. The van der Waals surface area contributed by atoms with Gasteiger partial charge in [0.2, 0.25) is 0 Å². The van der Waals surface area contributed by atoms with Crippen LogP contribution < -0.4 is 5.73 Å². The van der Waals surface area contributed by atoms with Crippen molar-refractivity contribution < 1.29 is 4.48 Å². The van der Waals surface area contributed by atoms with E-state index in [1.165, 1.54) is 88.3 Å². The Morgan fingerprint density at radius 3 is 2.36 bits per heavy atom. The molecule has 3 aliphatic rings. The highest BCUT2D eigenvalue weighted by Crippen LogP contribution is 2.42. The highest BCUT2D eigenvalue weighted by molar-refractivity contribution is 4.85. The van der Waals surface area contributed by atoms with E-state index < -0.39 is 0 Å². The van der Waals surface area contributed by atoms with Gasteiger partial charge in [0.05, 0.1) is 31.7 Å². The van der Waals surface area contributed by atoms with E-state index in [0.29, 0.717) is 6.04 Å². The lowest BCUT2D eigenvalue weighted by molar-refractivity contribution is -0.968. The highest BCUT2D eigenvalue weighted by Gasteiger charge is 2.49. The molecule has 3 atom stereocenters. The number of likely N-dealkylation sites (tertiary alicyclic amines) is 1. The maximum absolute atomic E-state index is 6.58. The molecule has 3 unspecified atom stereocenters. The summed E-state index contributed by atoms with van der Waals surface area (Å²) in [5.41, 5.74) is 6.58. The van der Waals surface area contributed by atoms with Crippen molar-refractivity contribution in [2.45, 2.75) is 90.1 Å². The van der Waals surface area contributed by atoms with Crippen LogP contribution >= 0.6 is 0 Å². The SMILES string of the molecule is CCCCC1CC(N)C[N+](CC2CCCC2)(C2CC(C)C2)C1. The quantitative estimate of drug-likeness (QED) is 0.726. The van der Waals surface area contributed by atoms with E-state index in [0.717, 1.165) is 23.8 Å². The first-order valence-corrected chi connectivity index (χ1v) is 10.2. The summed E-state index contributed by atoms with van der Waals surface area (Å²) in [6.45, 7) is 8.99. The monoisotopic (exact) mass is 307 g/mol. The molecule has 128 valence electrons. The zero-order chi connectivity index (χ0) is 15.6. The first-order valence-electron chi connectivity index (χ1n) is 10.2. The zero-order valence-electron chi connectivity index (χ0n) is 15.1. The van der Waals surface area contributed by atoms with E-state index in [9.17, 15) is 0 Å². The minimum atomic E-state index is 0.466. The summed E-state index contributed by atoms with van der Waals surface area (Å²) < 4.78 is 1.42. The summed E-state index contributed by atoms with van der Waals surface area (Å²) >= 11 is 0. The Bertz CT molecular complexity index is 344. The van der Waals surface area contributed by atoms with Gasteiger partial charge in [0.25, 0.3) is 0 Å². The largest absolute Gasteiger partial charge is 0.323 e. The van der Waals surface area contributed by atoms with Crippen molar-refractivity contribution in [3.05, 3.63) is 0 Å². The number of hydrogen-bond acceptors (Lipinski definition) is 1. The van der Waals surface area contributed by atoms with E-state index >= 15 is 0 Å². The van der Waals surface area contributed by atoms with Gasteiger partial charge in [0.15, 0.2) is 0 Å². The summed E-state index contributed by atoms with van der Waals surface area (Å²) in [5.74, 6) is 2.88. The van der Waals surface area contributed by atoms with Crippen LogP contribution in [0, 0.1) is 17.8 Å². The molecule has 2 saturated carbocycles. The summed E-state index contributed by atoms with van der Waals surface area (Å²) in [4.78, 5) is 0. The fourth-order valence-corrected chi connectivity index (χ4v) is 5.95. The molecule has 22 heavy (non-hydrogen) atoms. The highest BCUT2D eigenvalue weighted by atomic mass is 15.4. The lowest BCUT2D eigenvalue weighted by atomic mass is 9.75. The maximum Gasteiger partial charge on any atom is 0.0942 e. The normalized spacial score (nSPS) is 43.2. The second kappa shape index (κ2) is 7.21. The molecule has 2 aliphatic carbocycles. The van der Waals surface area contributed by atoms with Crippen molar-refractivity contribution in [1.82, 2.24) is 0 Å². The predicted octanol–water partition coefficient (Wildman–Crippen LogP) is 4.33. The molecule has 1 aliphatic heterocycles. The maximum atomic E-state index is 6.58. The van der Waals surface area contributed by atoms with Gasteiger partial charge in [-0.3, -0.25) is 0 Å². The lowest BCUT2D eigenvalue weighted by Crippen LogP contribution is -2.68. The number of unbranched alkanes of at least 4 members (excludes halogenated alkanes) is 1. The van der Waals surface area contributed by atoms with Crippen molar-refractivity contribution in [1.29, 1.82) is 0 Å². The van der Waals surface area contributed by atoms with Gasteiger partial charge in [0, 0.05) is 24.7 Å². The van der Waals surface area contributed by atoms with Gasteiger partial charge < -0.3 is 10.2 Å². The van der Waals surface area contributed by atoms with Gasteiger partial charge in [-0.25, -0.2) is 0 Å². The van der Waals surface area contributed by atoms with Gasteiger partial charge in [-0.1, -0.05) is 39.5 Å². The molecule has 0 bridgehead atoms. The predicted molar refractivity (Wildman–Crippen MR) is 94.6 cm³/mol. The standard InChI is InChI=1S/C20H39N2/c1-3-4-7-18-12-19(21)15-22(14-18,20-10-16(2)11-20)13-17-8-5-6-9-17/h16-20H,3-15,21H2,1-2H3/q+1. The molecule has 2 N–H and O–H groups in total. The minimum Gasteiger partial charge on any atom is -0.323 e. The van der Waals surface area contributed by atoms with Crippen molar-refractivity contribution in [2.75, 3.05) is 19.6 Å². The van der Waals surface area contributed by atoms with E-state index in [1.54, 1.807) is 0 Å². The molecule has 0 spiro atoms. The molecule has 2 heteroatoms. The van der Waals surface area contributed by atoms with Crippen LogP contribution in [0.2, 0.25) is 0 Å². The number of nitrogens with zero attached hydrogens (tertiary/aromatic N) is 1. The van der Waals surface area contributed by atoms with Gasteiger partial charge in [0.1, 0.15) is 0 Å². The first-order chi connectivity index (χ1) is 10.6. The Kier molecular flexibility index (Phi) is 5.50. The average molecular weight is 308 g/mol. The number of hydrogen-bond donors (Lipinski definition) is 1. The van der Waals surface area contributed by atoms with E-state index in [1.807, 2.05) is 0 Å². The number of rotatable bonds is 6. The van der Waals surface area contributed by atoms with Gasteiger partial charge in [-0.05, 0) is 31.6 Å². The Morgan fingerprint density at radius 1 is 1.00 bits per heavy atom. The molecule has 0 radical (unpaired) electrons. The molecular weight excluding hydrogens is 268 g/mol. The minimum absolute atomic E-state index is 0.466. The van der Waals surface area contributed by atoms with Crippen LogP contribution in [0.3, 0.4) is 0 Å². The van der Waals surface area contributed by atoms with Crippen LogP contribution in [0.4, 0.5) is 0 Å². The second-order valence-electron chi connectivity index (χ2n) is 9.15. The topological polar surface area (TPSA) is 26.0 Å². The molecule has 0 aromatic rings. The fourth-order valence-electron chi connectivity index (χ4n) is 5.95. The van der Waals surface area contributed by atoms with Crippen molar-refractivity contribution >= 4 is 0 Å².